The summed E-state index contributed by atoms with van der Waals surface area (Å²) < 4.78 is 5.15. The number of hydrogen-bond acceptors (Lipinski definition) is 3. The van der Waals surface area contributed by atoms with Gasteiger partial charge < -0.3 is 14.6 Å². The molecule has 0 bridgehead atoms. The van der Waals surface area contributed by atoms with E-state index in [0.29, 0.717) is 6.04 Å². The maximum atomic E-state index is 5.15. The lowest BCUT2D eigenvalue weighted by molar-refractivity contribution is 0.219. The lowest BCUT2D eigenvalue weighted by Crippen LogP contribution is -2.40. The van der Waals surface area contributed by atoms with Crippen LogP contribution in [0.5, 0.6) is 0 Å². The first-order chi connectivity index (χ1) is 9.29. The van der Waals surface area contributed by atoms with Crippen molar-refractivity contribution in [2.45, 2.75) is 51.6 Å². The molecule has 1 N–H and O–H groups in total. The van der Waals surface area contributed by atoms with Crippen LogP contribution in [0.25, 0.3) is 0 Å². The zero-order chi connectivity index (χ0) is 13.5. The highest BCUT2D eigenvalue weighted by Gasteiger charge is 2.24. The summed E-state index contributed by atoms with van der Waals surface area (Å²) in [7, 11) is 2.22. The van der Waals surface area contributed by atoms with Crippen LogP contribution in [-0.4, -0.2) is 31.1 Å². The molecule has 1 aromatic rings. The Bertz CT molecular complexity index is 337. The molecule has 1 saturated carbocycles. The molecular formula is C16H28N2O. The second-order valence-electron chi connectivity index (χ2n) is 5.89. The van der Waals surface area contributed by atoms with E-state index in [2.05, 4.69) is 30.3 Å². The van der Waals surface area contributed by atoms with Crippen LogP contribution in [0.15, 0.2) is 23.0 Å². The molecule has 2 atom stereocenters. The van der Waals surface area contributed by atoms with E-state index in [0.717, 1.165) is 19.0 Å². The summed E-state index contributed by atoms with van der Waals surface area (Å²) in [6, 6.07) is 2.77. The molecule has 0 aliphatic heterocycles. The van der Waals surface area contributed by atoms with Crippen LogP contribution in [0.1, 0.15) is 44.6 Å². The maximum Gasteiger partial charge on any atom is 0.0947 e. The molecule has 0 spiro atoms. The van der Waals surface area contributed by atoms with E-state index in [9.17, 15) is 0 Å². The number of nitrogens with zero attached hydrogens (tertiary/aromatic N) is 1. The van der Waals surface area contributed by atoms with Crippen molar-refractivity contribution in [1.82, 2.24) is 10.2 Å². The molecule has 1 fully saturated rings. The van der Waals surface area contributed by atoms with Crippen molar-refractivity contribution in [3.63, 3.8) is 0 Å². The van der Waals surface area contributed by atoms with Gasteiger partial charge in [-0.1, -0.05) is 26.2 Å². The molecule has 1 aliphatic rings. The predicted octanol–water partition coefficient (Wildman–Crippen LogP) is 3.27. The standard InChI is InChI=1S/C16H28N2O/c1-3-17-16-8-6-4-5-7-15(16)12-18(2)11-14-9-10-19-13-14/h9-10,13,15-17H,3-8,11-12H2,1-2H3. The molecule has 19 heavy (non-hydrogen) atoms. The van der Waals surface area contributed by atoms with Crippen molar-refractivity contribution in [3.05, 3.63) is 24.2 Å². The summed E-state index contributed by atoms with van der Waals surface area (Å²) in [5.74, 6) is 0.791. The Morgan fingerprint density at radius 2 is 2.16 bits per heavy atom. The minimum atomic E-state index is 0.708. The average Bonchev–Trinajstić information content (AvgIpc) is 2.79. The van der Waals surface area contributed by atoms with Gasteiger partial charge in [0.2, 0.25) is 0 Å². The summed E-state index contributed by atoms with van der Waals surface area (Å²) in [4.78, 5) is 2.44. The van der Waals surface area contributed by atoms with Crippen LogP contribution in [-0.2, 0) is 6.54 Å². The van der Waals surface area contributed by atoms with Gasteiger partial charge in [0.25, 0.3) is 0 Å². The van der Waals surface area contributed by atoms with Crippen molar-refractivity contribution in [3.8, 4) is 0 Å². The molecule has 0 amide bonds. The van der Waals surface area contributed by atoms with Crippen molar-refractivity contribution in [2.75, 3.05) is 20.1 Å². The number of rotatable bonds is 6. The fraction of sp³-hybridized carbons (Fsp3) is 0.750. The van der Waals surface area contributed by atoms with E-state index in [1.165, 1.54) is 44.2 Å². The Morgan fingerprint density at radius 3 is 2.89 bits per heavy atom. The molecule has 1 aliphatic carbocycles. The quantitative estimate of drug-likeness (QED) is 0.799. The Kier molecular flexibility index (Phi) is 5.93. The second kappa shape index (κ2) is 7.71. The molecule has 0 saturated heterocycles. The molecule has 108 valence electrons. The van der Waals surface area contributed by atoms with E-state index in [4.69, 9.17) is 4.42 Å². The van der Waals surface area contributed by atoms with E-state index >= 15 is 0 Å². The first-order valence-electron chi connectivity index (χ1n) is 7.72. The lowest BCUT2D eigenvalue weighted by Gasteiger charge is -2.29. The summed E-state index contributed by atoms with van der Waals surface area (Å²) in [6.45, 7) is 5.48. The van der Waals surface area contributed by atoms with E-state index in [1.807, 2.05) is 6.26 Å². The molecule has 2 rings (SSSR count). The fourth-order valence-corrected chi connectivity index (χ4v) is 3.29. The summed E-state index contributed by atoms with van der Waals surface area (Å²) in [5, 5.41) is 3.69. The molecular weight excluding hydrogens is 236 g/mol. The zero-order valence-corrected chi connectivity index (χ0v) is 12.4. The summed E-state index contributed by atoms with van der Waals surface area (Å²) >= 11 is 0. The average molecular weight is 264 g/mol. The van der Waals surface area contributed by atoms with Crippen LogP contribution >= 0.6 is 0 Å². The number of hydrogen-bond donors (Lipinski definition) is 1. The van der Waals surface area contributed by atoms with Gasteiger partial charge in [-0.3, -0.25) is 0 Å². The number of furan rings is 1. The van der Waals surface area contributed by atoms with Gasteiger partial charge in [0.15, 0.2) is 0 Å². The predicted molar refractivity (Wildman–Crippen MR) is 79.1 cm³/mol. The monoisotopic (exact) mass is 264 g/mol. The van der Waals surface area contributed by atoms with Crippen LogP contribution < -0.4 is 5.32 Å². The van der Waals surface area contributed by atoms with Crippen LogP contribution in [0, 0.1) is 5.92 Å². The third-order valence-corrected chi connectivity index (χ3v) is 4.20. The highest BCUT2D eigenvalue weighted by Crippen LogP contribution is 2.24. The zero-order valence-electron chi connectivity index (χ0n) is 12.4. The van der Waals surface area contributed by atoms with Gasteiger partial charge in [0.1, 0.15) is 0 Å². The molecule has 0 aromatic carbocycles. The minimum absolute atomic E-state index is 0.708. The van der Waals surface area contributed by atoms with Gasteiger partial charge in [0, 0.05) is 24.7 Å². The second-order valence-corrected chi connectivity index (χ2v) is 5.89. The van der Waals surface area contributed by atoms with Gasteiger partial charge in [-0.15, -0.1) is 0 Å². The molecule has 1 heterocycles. The maximum absolute atomic E-state index is 5.15. The Hall–Kier alpha value is -0.800. The van der Waals surface area contributed by atoms with Gasteiger partial charge >= 0.3 is 0 Å². The largest absolute Gasteiger partial charge is 0.472 e. The van der Waals surface area contributed by atoms with E-state index < -0.39 is 0 Å². The molecule has 3 nitrogen and oxygen atoms in total. The van der Waals surface area contributed by atoms with E-state index in [-0.39, 0.29) is 0 Å². The van der Waals surface area contributed by atoms with Gasteiger partial charge in [-0.05, 0) is 38.4 Å². The normalized spacial score (nSPS) is 24.6. The van der Waals surface area contributed by atoms with Crippen molar-refractivity contribution in [1.29, 1.82) is 0 Å². The highest BCUT2D eigenvalue weighted by atomic mass is 16.3. The number of nitrogens with one attached hydrogen (secondary N) is 1. The van der Waals surface area contributed by atoms with Crippen molar-refractivity contribution < 1.29 is 4.42 Å². The smallest absolute Gasteiger partial charge is 0.0947 e. The van der Waals surface area contributed by atoms with Crippen LogP contribution in [0.4, 0.5) is 0 Å². The fourth-order valence-electron chi connectivity index (χ4n) is 3.29. The summed E-state index contributed by atoms with van der Waals surface area (Å²) in [5.41, 5.74) is 1.27. The Morgan fingerprint density at radius 1 is 1.32 bits per heavy atom. The minimum Gasteiger partial charge on any atom is -0.472 e. The van der Waals surface area contributed by atoms with Gasteiger partial charge in [-0.2, -0.15) is 0 Å². The summed E-state index contributed by atoms with van der Waals surface area (Å²) in [6.07, 6.45) is 10.5. The molecule has 0 radical (unpaired) electrons. The van der Waals surface area contributed by atoms with E-state index in [1.54, 1.807) is 6.26 Å². The highest BCUT2D eigenvalue weighted by molar-refractivity contribution is 5.04. The van der Waals surface area contributed by atoms with Gasteiger partial charge in [-0.25, -0.2) is 0 Å². The van der Waals surface area contributed by atoms with Crippen LogP contribution in [0.3, 0.4) is 0 Å². The Balaban J connectivity index is 1.86. The Labute approximate surface area is 117 Å². The topological polar surface area (TPSA) is 28.4 Å². The third-order valence-electron chi connectivity index (χ3n) is 4.20. The first kappa shape index (κ1) is 14.6. The lowest BCUT2D eigenvalue weighted by atomic mass is 9.94. The molecule has 1 aromatic heterocycles. The SMILES string of the molecule is CCNC1CCCCCC1CN(C)Cc1ccoc1. The van der Waals surface area contributed by atoms with Crippen molar-refractivity contribution >= 4 is 0 Å². The molecule has 2 unspecified atom stereocenters. The third kappa shape index (κ3) is 4.66. The first-order valence-corrected chi connectivity index (χ1v) is 7.72. The van der Waals surface area contributed by atoms with Crippen molar-refractivity contribution in [2.24, 2.45) is 5.92 Å². The van der Waals surface area contributed by atoms with Crippen LogP contribution in [0.2, 0.25) is 0 Å². The molecule has 3 heteroatoms. The van der Waals surface area contributed by atoms with Gasteiger partial charge in [0.05, 0.1) is 12.5 Å².